The Morgan fingerprint density at radius 3 is 2.25 bits per heavy atom. The predicted octanol–water partition coefficient (Wildman–Crippen LogP) is 4.01. The van der Waals surface area contributed by atoms with Crippen LogP contribution in [0.25, 0.3) is 10.2 Å². The Hall–Kier alpha value is -3.27. The third-order valence-electron chi connectivity index (χ3n) is 6.95. The van der Waals surface area contributed by atoms with E-state index in [2.05, 4.69) is 17.0 Å². The maximum absolute atomic E-state index is 13.2. The summed E-state index contributed by atoms with van der Waals surface area (Å²) < 4.78 is 29.2. The van der Waals surface area contributed by atoms with Crippen molar-refractivity contribution in [2.45, 2.75) is 17.9 Å². The molecule has 0 aliphatic carbocycles. The zero-order valence-corrected chi connectivity index (χ0v) is 21.3. The van der Waals surface area contributed by atoms with Gasteiger partial charge in [-0.1, -0.05) is 47.7 Å². The van der Waals surface area contributed by atoms with E-state index in [9.17, 15) is 13.2 Å². The lowest BCUT2D eigenvalue weighted by atomic mass is 10.0. The molecule has 0 saturated carbocycles. The molecule has 1 aromatic heterocycles. The number of carbonyl (C=O) groups is 1. The highest BCUT2D eigenvalue weighted by atomic mass is 32.2. The average Bonchev–Trinajstić information content (AvgIpc) is 3.37. The van der Waals surface area contributed by atoms with Crippen molar-refractivity contribution in [3.05, 3.63) is 89.5 Å². The molecule has 0 radical (unpaired) electrons. The Morgan fingerprint density at radius 2 is 1.50 bits per heavy atom. The Morgan fingerprint density at radius 1 is 0.806 bits per heavy atom. The molecule has 2 aliphatic rings. The molecule has 6 rings (SSSR count). The molecule has 0 atom stereocenters. The van der Waals surface area contributed by atoms with Crippen molar-refractivity contribution in [1.29, 1.82) is 0 Å². The number of anilines is 1. The Labute approximate surface area is 214 Å². The van der Waals surface area contributed by atoms with Crippen molar-refractivity contribution in [3.8, 4) is 0 Å². The van der Waals surface area contributed by atoms with E-state index in [4.69, 9.17) is 4.98 Å². The van der Waals surface area contributed by atoms with Crippen LogP contribution in [-0.2, 0) is 23.0 Å². The van der Waals surface area contributed by atoms with Gasteiger partial charge in [-0.05, 0) is 53.9 Å². The molecule has 1 amide bonds. The van der Waals surface area contributed by atoms with Gasteiger partial charge in [0.25, 0.3) is 5.91 Å². The smallest absolute Gasteiger partial charge is 0.253 e. The van der Waals surface area contributed by atoms with Crippen molar-refractivity contribution in [2.75, 3.05) is 37.6 Å². The first-order chi connectivity index (χ1) is 17.5. The summed E-state index contributed by atoms with van der Waals surface area (Å²) in [5.41, 5.74) is 3.75. The Kier molecular flexibility index (Phi) is 5.99. The summed E-state index contributed by atoms with van der Waals surface area (Å²) >= 11 is 1.67. The largest absolute Gasteiger partial charge is 0.345 e. The lowest BCUT2D eigenvalue weighted by Crippen LogP contribution is -2.48. The van der Waals surface area contributed by atoms with Crippen LogP contribution < -0.4 is 4.90 Å². The zero-order valence-electron chi connectivity index (χ0n) is 19.7. The number of para-hydroxylation sites is 1. The van der Waals surface area contributed by atoms with Gasteiger partial charge in [0, 0.05) is 44.8 Å². The number of rotatable bonds is 4. The fraction of sp³-hybridized carbons (Fsp3) is 0.259. The van der Waals surface area contributed by atoms with Crippen LogP contribution in [0.5, 0.6) is 0 Å². The molecule has 4 aromatic rings. The van der Waals surface area contributed by atoms with Gasteiger partial charge in [0.2, 0.25) is 10.0 Å². The number of fused-ring (bicyclic) bond motifs is 2. The molecule has 1 saturated heterocycles. The molecule has 3 heterocycles. The summed E-state index contributed by atoms with van der Waals surface area (Å²) in [6.07, 6.45) is 0.703. The summed E-state index contributed by atoms with van der Waals surface area (Å²) in [4.78, 5) is 22.1. The number of thiazole rings is 1. The van der Waals surface area contributed by atoms with E-state index in [0.717, 1.165) is 20.9 Å². The summed E-state index contributed by atoms with van der Waals surface area (Å²) in [6.45, 7) is 3.46. The number of carbonyl (C=O) groups excluding carboxylic acids is 1. The highest BCUT2D eigenvalue weighted by molar-refractivity contribution is 7.89. The minimum atomic E-state index is -3.63. The van der Waals surface area contributed by atoms with Crippen molar-refractivity contribution in [1.82, 2.24) is 14.2 Å². The second-order valence-electron chi connectivity index (χ2n) is 9.13. The monoisotopic (exact) mass is 518 g/mol. The van der Waals surface area contributed by atoms with Crippen molar-refractivity contribution in [3.63, 3.8) is 0 Å². The highest BCUT2D eigenvalue weighted by Gasteiger charge is 2.29. The van der Waals surface area contributed by atoms with E-state index < -0.39 is 10.0 Å². The van der Waals surface area contributed by atoms with Crippen molar-refractivity contribution < 1.29 is 13.2 Å². The molecule has 0 spiro atoms. The van der Waals surface area contributed by atoms with Gasteiger partial charge < -0.3 is 9.80 Å². The van der Waals surface area contributed by atoms with Crippen LogP contribution in [0.4, 0.5) is 5.13 Å². The molecule has 1 fully saturated rings. The van der Waals surface area contributed by atoms with Gasteiger partial charge in [-0.3, -0.25) is 4.79 Å². The van der Waals surface area contributed by atoms with Gasteiger partial charge in [0.1, 0.15) is 0 Å². The van der Waals surface area contributed by atoms with Crippen LogP contribution in [0.1, 0.15) is 21.5 Å². The van der Waals surface area contributed by atoms with Crippen LogP contribution in [-0.4, -0.2) is 61.2 Å². The van der Waals surface area contributed by atoms with Crippen LogP contribution in [0.2, 0.25) is 0 Å². The van der Waals surface area contributed by atoms with E-state index in [-0.39, 0.29) is 10.8 Å². The molecule has 7 nitrogen and oxygen atoms in total. The fourth-order valence-electron chi connectivity index (χ4n) is 4.87. The van der Waals surface area contributed by atoms with E-state index in [1.54, 1.807) is 35.6 Å². The second-order valence-corrected chi connectivity index (χ2v) is 12.1. The molecule has 184 valence electrons. The van der Waals surface area contributed by atoms with Crippen LogP contribution in [0.3, 0.4) is 0 Å². The van der Waals surface area contributed by atoms with Gasteiger partial charge in [-0.2, -0.15) is 4.31 Å². The average molecular weight is 519 g/mol. The van der Waals surface area contributed by atoms with Gasteiger partial charge in [-0.25, -0.2) is 13.4 Å². The SMILES string of the molecule is O=C(c1ccc(S(=O)(=O)N2CCc3ccccc3C2)cc1)N1CCN(c2nc3ccccc3s2)CC1. The lowest BCUT2D eigenvalue weighted by Gasteiger charge is -2.34. The maximum Gasteiger partial charge on any atom is 0.253 e. The Bertz CT molecular complexity index is 1490. The molecule has 36 heavy (non-hydrogen) atoms. The number of aromatic nitrogens is 1. The number of hydrogen-bond donors (Lipinski definition) is 0. The fourth-order valence-corrected chi connectivity index (χ4v) is 7.31. The molecule has 2 aliphatic heterocycles. The molecule has 0 unspecified atom stereocenters. The van der Waals surface area contributed by atoms with Crippen molar-refractivity contribution >= 4 is 42.6 Å². The van der Waals surface area contributed by atoms with E-state index >= 15 is 0 Å². The third kappa shape index (κ3) is 4.27. The van der Waals surface area contributed by atoms with E-state index in [0.29, 0.717) is 51.3 Å². The molecular formula is C27H26N4O3S2. The van der Waals surface area contributed by atoms with Crippen LogP contribution in [0.15, 0.2) is 77.7 Å². The van der Waals surface area contributed by atoms with E-state index in [1.807, 2.05) is 41.3 Å². The quantitative estimate of drug-likeness (QED) is 0.408. The minimum absolute atomic E-state index is 0.0743. The molecule has 3 aromatic carbocycles. The zero-order chi connectivity index (χ0) is 24.7. The lowest BCUT2D eigenvalue weighted by molar-refractivity contribution is 0.0746. The highest BCUT2D eigenvalue weighted by Crippen LogP contribution is 2.29. The second kappa shape index (κ2) is 9.31. The third-order valence-corrected chi connectivity index (χ3v) is 9.91. The standard InChI is InChI=1S/C27H26N4O3S2/c32-26(29-15-17-30(18-16-29)27-28-24-7-3-4-8-25(24)35-27)21-9-11-23(12-10-21)36(33,34)31-14-13-20-5-1-2-6-22(20)19-31/h1-12H,13-19H2. The van der Waals surface area contributed by atoms with Gasteiger partial charge in [0.15, 0.2) is 5.13 Å². The maximum atomic E-state index is 13.2. The summed E-state index contributed by atoms with van der Waals surface area (Å²) in [5, 5.41) is 0.984. The topological polar surface area (TPSA) is 73.8 Å². The first kappa shape index (κ1) is 23.1. The predicted molar refractivity (Wildman–Crippen MR) is 142 cm³/mol. The number of amides is 1. The first-order valence-corrected chi connectivity index (χ1v) is 14.3. The first-order valence-electron chi connectivity index (χ1n) is 12.1. The number of benzene rings is 3. The number of piperazine rings is 1. The van der Waals surface area contributed by atoms with Crippen LogP contribution >= 0.6 is 11.3 Å². The molecular weight excluding hydrogens is 492 g/mol. The van der Waals surface area contributed by atoms with Crippen LogP contribution in [0, 0.1) is 0 Å². The van der Waals surface area contributed by atoms with Gasteiger partial charge in [-0.15, -0.1) is 0 Å². The molecule has 0 bridgehead atoms. The van der Waals surface area contributed by atoms with Gasteiger partial charge >= 0.3 is 0 Å². The minimum Gasteiger partial charge on any atom is -0.345 e. The molecule has 9 heteroatoms. The number of sulfonamides is 1. The Balaban J connectivity index is 1.11. The van der Waals surface area contributed by atoms with E-state index in [1.165, 1.54) is 9.87 Å². The number of hydrogen-bond acceptors (Lipinski definition) is 6. The molecule has 0 N–H and O–H groups in total. The normalized spacial score (nSPS) is 16.8. The summed E-state index contributed by atoms with van der Waals surface area (Å²) in [5.74, 6) is -0.0743. The summed E-state index contributed by atoms with van der Waals surface area (Å²) in [6, 6.07) is 22.4. The van der Waals surface area contributed by atoms with Crippen molar-refractivity contribution in [2.24, 2.45) is 0 Å². The number of nitrogens with zero attached hydrogens (tertiary/aromatic N) is 4. The van der Waals surface area contributed by atoms with Gasteiger partial charge in [0.05, 0.1) is 15.1 Å². The summed E-state index contributed by atoms with van der Waals surface area (Å²) in [7, 11) is -3.63.